The Morgan fingerprint density at radius 3 is 2.68 bits per heavy atom. The lowest BCUT2D eigenvalue weighted by Crippen LogP contribution is -2.26. The van der Waals surface area contributed by atoms with Gasteiger partial charge >= 0.3 is 13.6 Å². The van der Waals surface area contributed by atoms with E-state index in [9.17, 15) is 14.7 Å². The maximum atomic E-state index is 13.0. The molecule has 1 aromatic rings. The lowest BCUT2D eigenvalue weighted by molar-refractivity contribution is -0.396. The predicted molar refractivity (Wildman–Crippen MR) is 81.5 cm³/mol. The fourth-order valence-electron chi connectivity index (χ4n) is 2.54. The van der Waals surface area contributed by atoms with Crippen LogP contribution >= 0.6 is 7.67 Å². The molecular formula is C12H22N5O4P. The quantitative estimate of drug-likeness (QED) is 0.464. The zero-order valence-corrected chi connectivity index (χ0v) is 14.0. The molecule has 1 aliphatic rings. The lowest BCUT2D eigenvalue weighted by atomic mass is 10.3. The summed E-state index contributed by atoms with van der Waals surface area (Å²) < 4.78 is 21.9. The maximum Gasteiger partial charge on any atom is 0.434 e. The second kappa shape index (κ2) is 6.87. The Morgan fingerprint density at radius 2 is 2.18 bits per heavy atom. The summed E-state index contributed by atoms with van der Waals surface area (Å²) in [6.07, 6.45) is 2.64. The number of nitrogens with zero attached hydrogens (tertiary/aromatic N) is 4. The van der Waals surface area contributed by atoms with Gasteiger partial charge in [-0.25, -0.2) is 14.3 Å². The van der Waals surface area contributed by atoms with Crippen LogP contribution < -0.4 is 5.09 Å². The SMILES string of the molecule is CCCN(CCC)P1(=O)NCC(c2cnc([N+](=O)[O-])n2C)O1. The highest BCUT2D eigenvalue weighted by Gasteiger charge is 2.43. The Morgan fingerprint density at radius 1 is 1.55 bits per heavy atom. The molecule has 1 saturated heterocycles. The van der Waals surface area contributed by atoms with Crippen molar-refractivity contribution in [3.05, 3.63) is 22.0 Å². The lowest BCUT2D eigenvalue weighted by Gasteiger charge is -2.26. The van der Waals surface area contributed by atoms with E-state index in [0.717, 1.165) is 12.8 Å². The largest absolute Gasteiger partial charge is 0.434 e. The van der Waals surface area contributed by atoms with Gasteiger partial charge in [-0.05, 0) is 17.8 Å². The molecule has 1 N–H and O–H groups in total. The minimum atomic E-state index is -3.10. The number of hydrogen-bond donors (Lipinski definition) is 1. The smallest absolute Gasteiger partial charge is 0.390 e. The molecule has 2 heterocycles. The molecule has 2 atom stereocenters. The van der Waals surface area contributed by atoms with E-state index in [4.69, 9.17) is 4.52 Å². The standard InChI is InChI=1S/C12H22N5O4P/c1-4-6-16(7-5-2)22(20)14-9-11(21-22)10-8-13-12(15(10)3)17(18)19/h8,11H,4-7,9H2,1-3H3,(H,14,20). The van der Waals surface area contributed by atoms with Gasteiger partial charge < -0.3 is 10.1 Å². The number of hydrogen-bond acceptors (Lipinski definition) is 5. The molecule has 9 nitrogen and oxygen atoms in total. The van der Waals surface area contributed by atoms with Gasteiger partial charge in [0.1, 0.15) is 18.0 Å². The summed E-state index contributed by atoms with van der Waals surface area (Å²) >= 11 is 0. The molecule has 0 spiro atoms. The van der Waals surface area contributed by atoms with Gasteiger partial charge in [-0.3, -0.25) is 9.09 Å². The van der Waals surface area contributed by atoms with E-state index in [-0.39, 0.29) is 5.95 Å². The average molecular weight is 331 g/mol. The molecule has 0 amide bonds. The van der Waals surface area contributed by atoms with Crippen molar-refractivity contribution < 1.29 is 14.0 Å². The van der Waals surface area contributed by atoms with Gasteiger partial charge in [0.2, 0.25) is 0 Å². The molecule has 10 heteroatoms. The van der Waals surface area contributed by atoms with Crippen LogP contribution in [0.15, 0.2) is 6.20 Å². The molecule has 1 aromatic heterocycles. The van der Waals surface area contributed by atoms with Crippen LogP contribution in [0.5, 0.6) is 0 Å². The maximum absolute atomic E-state index is 13.0. The Bertz CT molecular complexity index is 584. The fourth-order valence-corrected chi connectivity index (χ4v) is 4.80. The summed E-state index contributed by atoms with van der Waals surface area (Å²) in [4.78, 5) is 14.1. The van der Waals surface area contributed by atoms with Crippen LogP contribution in [0.1, 0.15) is 38.5 Å². The molecule has 1 fully saturated rings. The Balaban J connectivity index is 2.18. The highest BCUT2D eigenvalue weighted by molar-refractivity contribution is 7.54. The van der Waals surface area contributed by atoms with E-state index in [2.05, 4.69) is 10.1 Å². The first kappa shape index (κ1) is 17.1. The van der Waals surface area contributed by atoms with E-state index < -0.39 is 18.7 Å². The molecule has 0 aromatic carbocycles. The molecule has 2 rings (SSSR count). The first-order valence-electron chi connectivity index (χ1n) is 7.38. The summed E-state index contributed by atoms with van der Waals surface area (Å²) in [6, 6.07) is 0. The second-order valence-corrected chi connectivity index (χ2v) is 7.36. The van der Waals surface area contributed by atoms with Crippen molar-refractivity contribution in [3.8, 4) is 0 Å². The summed E-state index contributed by atoms with van der Waals surface area (Å²) in [7, 11) is -1.54. The topological polar surface area (TPSA) is 103 Å². The van der Waals surface area contributed by atoms with Crippen LogP contribution in [0.3, 0.4) is 0 Å². The van der Waals surface area contributed by atoms with Crippen molar-refractivity contribution in [2.24, 2.45) is 7.05 Å². The Hall–Kier alpha value is -1.28. The van der Waals surface area contributed by atoms with Gasteiger partial charge in [-0.1, -0.05) is 18.8 Å². The number of nitrogens with one attached hydrogen (secondary N) is 1. The second-order valence-electron chi connectivity index (χ2n) is 5.23. The highest BCUT2D eigenvalue weighted by Crippen LogP contribution is 2.55. The van der Waals surface area contributed by atoms with Crippen molar-refractivity contribution in [1.82, 2.24) is 19.3 Å². The van der Waals surface area contributed by atoms with E-state index in [1.807, 2.05) is 18.5 Å². The molecule has 0 radical (unpaired) electrons. The molecule has 124 valence electrons. The molecular weight excluding hydrogens is 309 g/mol. The van der Waals surface area contributed by atoms with E-state index >= 15 is 0 Å². The van der Waals surface area contributed by atoms with Gasteiger partial charge in [0.15, 0.2) is 0 Å². The van der Waals surface area contributed by atoms with Crippen LogP contribution in [0.4, 0.5) is 5.95 Å². The monoisotopic (exact) mass is 331 g/mol. The van der Waals surface area contributed by atoms with Crippen molar-refractivity contribution in [2.75, 3.05) is 19.6 Å². The van der Waals surface area contributed by atoms with Gasteiger partial charge in [0, 0.05) is 19.6 Å². The molecule has 2 unspecified atom stereocenters. The third-order valence-corrected chi connectivity index (χ3v) is 5.84. The number of aromatic nitrogens is 2. The average Bonchev–Trinajstić information content (AvgIpc) is 3.03. The minimum absolute atomic E-state index is 0.251. The Kier molecular flexibility index (Phi) is 5.33. The third kappa shape index (κ3) is 3.22. The Labute approximate surface area is 129 Å². The molecule has 0 bridgehead atoms. The number of imidazole rings is 1. The van der Waals surface area contributed by atoms with Crippen molar-refractivity contribution in [2.45, 2.75) is 32.8 Å². The van der Waals surface area contributed by atoms with Gasteiger partial charge in [0.05, 0.1) is 7.05 Å². The molecule has 0 aliphatic carbocycles. The van der Waals surface area contributed by atoms with Gasteiger partial charge in [0.25, 0.3) is 0 Å². The third-order valence-electron chi connectivity index (χ3n) is 3.58. The molecule has 22 heavy (non-hydrogen) atoms. The molecule has 1 aliphatic heterocycles. The van der Waals surface area contributed by atoms with Crippen molar-refractivity contribution in [3.63, 3.8) is 0 Å². The summed E-state index contributed by atoms with van der Waals surface area (Å²) in [6.45, 7) is 5.74. The van der Waals surface area contributed by atoms with E-state index in [0.29, 0.717) is 25.3 Å². The first-order valence-corrected chi connectivity index (χ1v) is 8.95. The number of nitro groups is 1. The normalized spacial score (nSPS) is 25.0. The van der Waals surface area contributed by atoms with E-state index in [1.165, 1.54) is 10.8 Å². The van der Waals surface area contributed by atoms with Gasteiger partial charge in [-0.2, -0.15) is 0 Å². The summed E-state index contributed by atoms with van der Waals surface area (Å²) in [5, 5.41) is 13.8. The highest BCUT2D eigenvalue weighted by atomic mass is 31.2. The first-order chi connectivity index (χ1) is 10.4. The number of rotatable bonds is 7. The van der Waals surface area contributed by atoms with Crippen molar-refractivity contribution in [1.29, 1.82) is 0 Å². The zero-order chi connectivity index (χ0) is 16.3. The van der Waals surface area contributed by atoms with Crippen LogP contribution in [0.2, 0.25) is 0 Å². The summed E-state index contributed by atoms with van der Waals surface area (Å²) in [5.41, 5.74) is 0.546. The minimum Gasteiger partial charge on any atom is -0.390 e. The summed E-state index contributed by atoms with van der Waals surface area (Å²) in [5.74, 6) is -0.251. The zero-order valence-electron chi connectivity index (χ0n) is 13.1. The van der Waals surface area contributed by atoms with Crippen LogP contribution in [-0.4, -0.2) is 38.8 Å². The van der Waals surface area contributed by atoms with E-state index in [1.54, 1.807) is 7.05 Å². The van der Waals surface area contributed by atoms with Crippen molar-refractivity contribution >= 4 is 13.6 Å². The predicted octanol–water partition coefficient (Wildman–Crippen LogP) is 2.22. The fraction of sp³-hybridized carbons (Fsp3) is 0.750. The molecule has 0 saturated carbocycles. The van der Waals surface area contributed by atoms with Gasteiger partial charge in [-0.15, -0.1) is 0 Å². The van der Waals surface area contributed by atoms with Crippen LogP contribution in [-0.2, 0) is 16.1 Å². The van der Waals surface area contributed by atoms with Crippen LogP contribution in [0.25, 0.3) is 0 Å². The van der Waals surface area contributed by atoms with Crippen LogP contribution in [0, 0.1) is 10.1 Å².